The van der Waals surface area contributed by atoms with Crippen LogP contribution in [0.1, 0.15) is 38.5 Å². The third kappa shape index (κ3) is 1.97. The Labute approximate surface area is 78.9 Å². The molecular weight excluding hydrogens is 168 g/mol. The second-order valence-electron chi connectivity index (χ2n) is 4.35. The Balaban J connectivity index is 1.67. The highest BCUT2D eigenvalue weighted by atomic mass is 32.2. The molecular formula is C10H18OS. The summed E-state index contributed by atoms with van der Waals surface area (Å²) < 4.78 is 0. The van der Waals surface area contributed by atoms with E-state index in [1.54, 1.807) is 0 Å². The van der Waals surface area contributed by atoms with Crippen molar-refractivity contribution in [3.63, 3.8) is 0 Å². The Morgan fingerprint density at radius 1 is 1.42 bits per heavy atom. The van der Waals surface area contributed by atoms with E-state index in [4.69, 9.17) is 0 Å². The molecule has 1 heterocycles. The molecule has 1 N–H and O–H groups in total. The van der Waals surface area contributed by atoms with E-state index < -0.39 is 0 Å². The number of thioether (sulfide) groups is 1. The number of aliphatic hydroxyl groups is 1. The van der Waals surface area contributed by atoms with Gasteiger partial charge in [0, 0.05) is 0 Å². The summed E-state index contributed by atoms with van der Waals surface area (Å²) in [5.74, 6) is 3.61. The van der Waals surface area contributed by atoms with Crippen LogP contribution >= 0.6 is 11.8 Å². The molecule has 1 saturated heterocycles. The Morgan fingerprint density at radius 2 is 2.25 bits per heavy atom. The van der Waals surface area contributed by atoms with Crippen LogP contribution < -0.4 is 0 Å². The minimum Gasteiger partial charge on any atom is -0.390 e. The minimum atomic E-state index is -0.229. The lowest BCUT2D eigenvalue weighted by molar-refractivity contribution is -0.0440. The van der Waals surface area contributed by atoms with Gasteiger partial charge < -0.3 is 5.11 Å². The van der Waals surface area contributed by atoms with E-state index in [0.717, 1.165) is 25.2 Å². The van der Waals surface area contributed by atoms with Crippen molar-refractivity contribution in [2.24, 2.45) is 5.92 Å². The Kier molecular flexibility index (Phi) is 2.66. The maximum absolute atomic E-state index is 9.86. The first-order valence-electron chi connectivity index (χ1n) is 5.09. The fourth-order valence-electron chi connectivity index (χ4n) is 2.12. The molecule has 2 heteroatoms. The van der Waals surface area contributed by atoms with E-state index >= 15 is 0 Å². The first kappa shape index (κ1) is 8.89. The van der Waals surface area contributed by atoms with Gasteiger partial charge in [-0.1, -0.05) is 0 Å². The zero-order valence-corrected chi connectivity index (χ0v) is 8.41. The van der Waals surface area contributed by atoms with Gasteiger partial charge in [0.15, 0.2) is 0 Å². The van der Waals surface area contributed by atoms with Gasteiger partial charge in [-0.25, -0.2) is 0 Å². The van der Waals surface area contributed by atoms with E-state index in [2.05, 4.69) is 11.8 Å². The topological polar surface area (TPSA) is 20.2 Å². The van der Waals surface area contributed by atoms with Crippen molar-refractivity contribution >= 4 is 11.8 Å². The average Bonchev–Trinajstić information content (AvgIpc) is 2.49. The molecule has 0 aromatic carbocycles. The van der Waals surface area contributed by atoms with Crippen molar-refractivity contribution < 1.29 is 5.11 Å². The van der Waals surface area contributed by atoms with Gasteiger partial charge in [0.05, 0.1) is 5.60 Å². The quantitative estimate of drug-likeness (QED) is 0.730. The van der Waals surface area contributed by atoms with Crippen LogP contribution in [0.4, 0.5) is 0 Å². The lowest BCUT2D eigenvalue weighted by atomic mass is 9.76. The largest absolute Gasteiger partial charge is 0.390 e. The standard InChI is InChI=1S/C10H18OS/c11-10(4-1-5-10)6-2-9-3-7-12-8-9/h9,11H,1-8H2. The predicted octanol–water partition coefficient (Wildman–Crippen LogP) is 2.43. The highest BCUT2D eigenvalue weighted by molar-refractivity contribution is 7.99. The van der Waals surface area contributed by atoms with E-state index in [1.165, 1.54) is 30.8 Å². The molecule has 0 amide bonds. The predicted molar refractivity (Wildman–Crippen MR) is 53.5 cm³/mol. The monoisotopic (exact) mass is 186 g/mol. The molecule has 12 heavy (non-hydrogen) atoms. The summed E-state index contributed by atoms with van der Waals surface area (Å²) in [6.07, 6.45) is 7.10. The first-order valence-corrected chi connectivity index (χ1v) is 6.24. The van der Waals surface area contributed by atoms with Crippen LogP contribution in [0, 0.1) is 5.92 Å². The SMILES string of the molecule is OC1(CCC2CCSC2)CCC1. The molecule has 1 aliphatic heterocycles. The molecule has 70 valence electrons. The lowest BCUT2D eigenvalue weighted by Crippen LogP contribution is -2.36. The van der Waals surface area contributed by atoms with Crippen LogP contribution in [0.25, 0.3) is 0 Å². The summed E-state index contributed by atoms with van der Waals surface area (Å²) in [7, 11) is 0. The van der Waals surface area contributed by atoms with Crippen LogP contribution in [0.5, 0.6) is 0 Å². The molecule has 0 radical (unpaired) electrons. The Morgan fingerprint density at radius 3 is 2.75 bits per heavy atom. The van der Waals surface area contributed by atoms with Crippen molar-refractivity contribution in [3.8, 4) is 0 Å². The van der Waals surface area contributed by atoms with Crippen molar-refractivity contribution in [1.82, 2.24) is 0 Å². The van der Waals surface area contributed by atoms with Gasteiger partial charge in [-0.2, -0.15) is 11.8 Å². The molecule has 1 saturated carbocycles. The zero-order chi connectivity index (χ0) is 8.44. The molecule has 1 aliphatic carbocycles. The van der Waals surface area contributed by atoms with Gasteiger partial charge in [0.1, 0.15) is 0 Å². The maximum Gasteiger partial charge on any atom is 0.0648 e. The van der Waals surface area contributed by atoms with E-state index in [-0.39, 0.29) is 5.60 Å². The highest BCUT2D eigenvalue weighted by Crippen LogP contribution is 2.38. The zero-order valence-electron chi connectivity index (χ0n) is 7.59. The summed E-state index contributed by atoms with van der Waals surface area (Å²) in [6, 6.07) is 0. The van der Waals surface area contributed by atoms with Crippen LogP contribution in [-0.2, 0) is 0 Å². The molecule has 1 atom stereocenters. The molecule has 2 aliphatic rings. The summed E-state index contributed by atoms with van der Waals surface area (Å²) in [4.78, 5) is 0. The minimum absolute atomic E-state index is 0.229. The Bertz CT molecular complexity index is 148. The fraction of sp³-hybridized carbons (Fsp3) is 1.00. The summed E-state index contributed by atoms with van der Waals surface area (Å²) in [6.45, 7) is 0. The molecule has 2 fully saturated rings. The normalized spacial score (nSPS) is 33.2. The van der Waals surface area contributed by atoms with Gasteiger partial charge in [0.25, 0.3) is 0 Å². The molecule has 0 spiro atoms. The number of hydrogen-bond donors (Lipinski definition) is 1. The third-order valence-corrected chi connectivity index (χ3v) is 4.56. The van der Waals surface area contributed by atoms with Crippen LogP contribution in [0.2, 0.25) is 0 Å². The molecule has 1 nitrogen and oxygen atoms in total. The summed E-state index contributed by atoms with van der Waals surface area (Å²) >= 11 is 2.08. The molecule has 0 aromatic heterocycles. The van der Waals surface area contributed by atoms with Crippen molar-refractivity contribution in [1.29, 1.82) is 0 Å². The maximum atomic E-state index is 9.86. The molecule has 1 unspecified atom stereocenters. The van der Waals surface area contributed by atoms with Gasteiger partial charge in [0.2, 0.25) is 0 Å². The number of hydrogen-bond acceptors (Lipinski definition) is 2. The van der Waals surface area contributed by atoms with Crippen LogP contribution in [0.3, 0.4) is 0 Å². The van der Waals surface area contributed by atoms with Crippen molar-refractivity contribution in [3.05, 3.63) is 0 Å². The number of rotatable bonds is 3. The smallest absolute Gasteiger partial charge is 0.0648 e. The van der Waals surface area contributed by atoms with Gasteiger partial charge in [-0.05, 0) is 55.9 Å². The molecule has 2 rings (SSSR count). The first-order chi connectivity index (χ1) is 5.79. The van der Waals surface area contributed by atoms with Gasteiger partial charge >= 0.3 is 0 Å². The van der Waals surface area contributed by atoms with Gasteiger partial charge in [-0.3, -0.25) is 0 Å². The van der Waals surface area contributed by atoms with E-state index in [1.807, 2.05) is 0 Å². The van der Waals surface area contributed by atoms with Crippen LogP contribution in [-0.4, -0.2) is 22.2 Å². The molecule has 0 bridgehead atoms. The van der Waals surface area contributed by atoms with Crippen LogP contribution in [0.15, 0.2) is 0 Å². The second-order valence-corrected chi connectivity index (χ2v) is 5.50. The van der Waals surface area contributed by atoms with E-state index in [9.17, 15) is 5.11 Å². The summed E-state index contributed by atoms with van der Waals surface area (Å²) in [5.41, 5.74) is -0.229. The van der Waals surface area contributed by atoms with Gasteiger partial charge in [-0.15, -0.1) is 0 Å². The molecule has 0 aromatic rings. The van der Waals surface area contributed by atoms with Crippen molar-refractivity contribution in [2.75, 3.05) is 11.5 Å². The summed E-state index contributed by atoms with van der Waals surface area (Å²) in [5, 5.41) is 9.86. The Hall–Kier alpha value is 0.310. The third-order valence-electron chi connectivity index (χ3n) is 3.33. The van der Waals surface area contributed by atoms with Crippen molar-refractivity contribution in [2.45, 2.75) is 44.1 Å². The fourth-order valence-corrected chi connectivity index (χ4v) is 3.45. The van der Waals surface area contributed by atoms with E-state index in [0.29, 0.717) is 0 Å². The average molecular weight is 186 g/mol. The highest BCUT2D eigenvalue weighted by Gasteiger charge is 2.34. The lowest BCUT2D eigenvalue weighted by Gasteiger charge is -2.37. The second kappa shape index (κ2) is 3.59.